The molecule has 0 aromatic heterocycles. The standard InChI is InChI=1S/C20H26O5/c1-3-24-19-13-15(5-7-17(19)21)9-11-23-12-10-16-6-8-18(22)20(14-16)25-4-2/h5-8,13-14,21-22H,3-4,9-12H2,1-2H3. The molecule has 2 rings (SSSR count). The van der Waals surface area contributed by atoms with Gasteiger partial charge in [0, 0.05) is 0 Å². The molecule has 0 spiro atoms. The first kappa shape index (κ1) is 18.9. The summed E-state index contributed by atoms with van der Waals surface area (Å²) >= 11 is 0. The van der Waals surface area contributed by atoms with Crippen molar-refractivity contribution in [1.29, 1.82) is 0 Å². The van der Waals surface area contributed by atoms with Gasteiger partial charge in [-0.3, -0.25) is 0 Å². The predicted molar refractivity (Wildman–Crippen MR) is 96.8 cm³/mol. The van der Waals surface area contributed by atoms with E-state index in [1.54, 1.807) is 12.1 Å². The molecule has 0 aliphatic carbocycles. The predicted octanol–water partition coefficient (Wildman–Crippen LogP) is 3.70. The first-order valence-electron chi connectivity index (χ1n) is 8.61. The van der Waals surface area contributed by atoms with E-state index >= 15 is 0 Å². The molecule has 0 bridgehead atoms. The van der Waals surface area contributed by atoms with E-state index in [0.717, 1.165) is 24.0 Å². The van der Waals surface area contributed by atoms with Gasteiger partial charge in [0.25, 0.3) is 0 Å². The van der Waals surface area contributed by atoms with Crippen LogP contribution in [0, 0.1) is 0 Å². The van der Waals surface area contributed by atoms with Gasteiger partial charge in [-0.2, -0.15) is 0 Å². The Balaban J connectivity index is 1.76. The van der Waals surface area contributed by atoms with E-state index in [2.05, 4.69) is 0 Å². The van der Waals surface area contributed by atoms with Gasteiger partial charge in [0.15, 0.2) is 23.0 Å². The molecule has 0 heterocycles. The smallest absolute Gasteiger partial charge is 0.161 e. The van der Waals surface area contributed by atoms with Gasteiger partial charge >= 0.3 is 0 Å². The Labute approximate surface area is 148 Å². The Morgan fingerprint density at radius 3 is 1.56 bits per heavy atom. The highest BCUT2D eigenvalue weighted by molar-refractivity contribution is 5.42. The zero-order valence-electron chi connectivity index (χ0n) is 14.8. The number of ether oxygens (including phenoxy) is 3. The third kappa shape index (κ3) is 5.87. The minimum atomic E-state index is 0.156. The number of rotatable bonds is 10. The summed E-state index contributed by atoms with van der Waals surface area (Å²) in [7, 11) is 0. The van der Waals surface area contributed by atoms with Crippen molar-refractivity contribution in [3.63, 3.8) is 0 Å². The molecule has 0 atom stereocenters. The summed E-state index contributed by atoms with van der Waals surface area (Å²) in [5.74, 6) is 1.33. The molecule has 0 radical (unpaired) electrons. The molecule has 2 aromatic rings. The number of phenolic OH excluding ortho intramolecular Hbond substituents is 2. The van der Waals surface area contributed by atoms with Gasteiger partial charge in [-0.1, -0.05) is 12.1 Å². The molecular formula is C20H26O5. The van der Waals surface area contributed by atoms with E-state index in [0.29, 0.717) is 37.9 Å². The normalized spacial score (nSPS) is 10.6. The van der Waals surface area contributed by atoms with Crippen LogP contribution < -0.4 is 9.47 Å². The van der Waals surface area contributed by atoms with E-state index in [-0.39, 0.29) is 11.5 Å². The quantitative estimate of drug-likeness (QED) is 0.642. The monoisotopic (exact) mass is 346 g/mol. The van der Waals surface area contributed by atoms with E-state index in [1.165, 1.54) is 0 Å². The first-order chi connectivity index (χ1) is 12.1. The van der Waals surface area contributed by atoms with E-state index in [4.69, 9.17) is 14.2 Å². The van der Waals surface area contributed by atoms with Crippen molar-refractivity contribution in [2.75, 3.05) is 26.4 Å². The summed E-state index contributed by atoms with van der Waals surface area (Å²) in [6, 6.07) is 10.7. The van der Waals surface area contributed by atoms with Gasteiger partial charge in [0.1, 0.15) is 0 Å². The average Bonchev–Trinajstić information content (AvgIpc) is 2.60. The fraction of sp³-hybridized carbons (Fsp3) is 0.400. The van der Waals surface area contributed by atoms with Crippen LogP contribution in [0.2, 0.25) is 0 Å². The van der Waals surface area contributed by atoms with E-state index < -0.39 is 0 Å². The maximum atomic E-state index is 9.70. The Morgan fingerprint density at radius 2 is 1.16 bits per heavy atom. The summed E-state index contributed by atoms with van der Waals surface area (Å²) in [4.78, 5) is 0. The lowest BCUT2D eigenvalue weighted by Gasteiger charge is -2.10. The van der Waals surface area contributed by atoms with Gasteiger partial charge in [0.05, 0.1) is 26.4 Å². The van der Waals surface area contributed by atoms with Crippen LogP contribution in [0.3, 0.4) is 0 Å². The van der Waals surface area contributed by atoms with Crippen molar-refractivity contribution in [2.24, 2.45) is 0 Å². The van der Waals surface area contributed by atoms with Crippen LogP contribution in [-0.2, 0) is 17.6 Å². The van der Waals surface area contributed by atoms with Crippen LogP contribution in [0.15, 0.2) is 36.4 Å². The maximum Gasteiger partial charge on any atom is 0.161 e. The number of phenols is 2. The van der Waals surface area contributed by atoms with Crippen molar-refractivity contribution < 1.29 is 24.4 Å². The zero-order valence-corrected chi connectivity index (χ0v) is 14.8. The topological polar surface area (TPSA) is 68.2 Å². The second-order valence-electron chi connectivity index (χ2n) is 5.58. The summed E-state index contributed by atoms with van der Waals surface area (Å²) in [6.45, 7) is 5.98. The lowest BCUT2D eigenvalue weighted by atomic mass is 10.1. The SMILES string of the molecule is CCOc1cc(CCOCCc2ccc(O)c(OCC)c2)ccc1O. The molecule has 0 saturated heterocycles. The van der Waals surface area contributed by atoms with Crippen molar-refractivity contribution in [3.05, 3.63) is 47.5 Å². The van der Waals surface area contributed by atoms with Crippen LogP contribution in [-0.4, -0.2) is 36.6 Å². The van der Waals surface area contributed by atoms with Gasteiger partial charge in [-0.25, -0.2) is 0 Å². The van der Waals surface area contributed by atoms with Crippen LogP contribution in [0.25, 0.3) is 0 Å². The Hall–Kier alpha value is -2.40. The first-order valence-corrected chi connectivity index (χ1v) is 8.61. The summed E-state index contributed by atoms with van der Waals surface area (Å²) in [6.07, 6.45) is 1.50. The molecule has 0 aliphatic rings. The third-order valence-electron chi connectivity index (χ3n) is 3.72. The van der Waals surface area contributed by atoms with Crippen LogP contribution >= 0.6 is 0 Å². The Bertz CT molecular complexity index is 612. The molecule has 0 aliphatic heterocycles. The van der Waals surface area contributed by atoms with E-state index in [9.17, 15) is 10.2 Å². The van der Waals surface area contributed by atoms with Crippen molar-refractivity contribution >= 4 is 0 Å². The van der Waals surface area contributed by atoms with Crippen molar-refractivity contribution in [2.45, 2.75) is 26.7 Å². The number of hydrogen-bond acceptors (Lipinski definition) is 5. The minimum Gasteiger partial charge on any atom is -0.504 e. The lowest BCUT2D eigenvalue weighted by molar-refractivity contribution is 0.140. The fourth-order valence-electron chi connectivity index (χ4n) is 2.45. The van der Waals surface area contributed by atoms with Crippen LogP contribution in [0.1, 0.15) is 25.0 Å². The number of hydrogen-bond donors (Lipinski definition) is 2. The molecular weight excluding hydrogens is 320 g/mol. The van der Waals surface area contributed by atoms with Gasteiger partial charge in [0.2, 0.25) is 0 Å². The highest BCUT2D eigenvalue weighted by atomic mass is 16.5. The van der Waals surface area contributed by atoms with Crippen molar-refractivity contribution in [3.8, 4) is 23.0 Å². The molecule has 0 fully saturated rings. The fourth-order valence-corrected chi connectivity index (χ4v) is 2.45. The molecule has 0 saturated carbocycles. The highest BCUT2D eigenvalue weighted by Gasteiger charge is 2.05. The number of benzene rings is 2. The molecule has 2 N–H and O–H groups in total. The Kier molecular flexibility index (Phi) is 7.41. The van der Waals surface area contributed by atoms with Gasteiger partial charge in [-0.15, -0.1) is 0 Å². The van der Waals surface area contributed by atoms with E-state index in [1.807, 2.05) is 38.1 Å². The zero-order chi connectivity index (χ0) is 18.1. The summed E-state index contributed by atoms with van der Waals surface area (Å²) in [5.41, 5.74) is 2.12. The van der Waals surface area contributed by atoms with Crippen molar-refractivity contribution in [1.82, 2.24) is 0 Å². The Morgan fingerprint density at radius 1 is 0.720 bits per heavy atom. The second-order valence-corrected chi connectivity index (χ2v) is 5.58. The molecule has 136 valence electrons. The number of aromatic hydroxyl groups is 2. The molecule has 25 heavy (non-hydrogen) atoms. The molecule has 0 unspecified atom stereocenters. The summed E-state index contributed by atoms with van der Waals surface area (Å²) in [5, 5.41) is 19.4. The average molecular weight is 346 g/mol. The lowest BCUT2D eigenvalue weighted by Crippen LogP contribution is -2.03. The van der Waals surface area contributed by atoms with Crippen LogP contribution in [0.5, 0.6) is 23.0 Å². The molecule has 0 amide bonds. The molecule has 5 heteroatoms. The maximum absolute atomic E-state index is 9.70. The largest absolute Gasteiger partial charge is 0.504 e. The molecule has 5 nitrogen and oxygen atoms in total. The molecule has 2 aromatic carbocycles. The van der Waals surface area contributed by atoms with Crippen LogP contribution in [0.4, 0.5) is 0 Å². The highest BCUT2D eigenvalue weighted by Crippen LogP contribution is 2.28. The summed E-state index contributed by atoms with van der Waals surface area (Å²) < 4.78 is 16.5. The van der Waals surface area contributed by atoms with Gasteiger partial charge in [-0.05, 0) is 62.1 Å². The third-order valence-corrected chi connectivity index (χ3v) is 3.72. The second kappa shape index (κ2) is 9.79. The van der Waals surface area contributed by atoms with Gasteiger partial charge < -0.3 is 24.4 Å². The minimum absolute atomic E-state index is 0.156.